The van der Waals surface area contributed by atoms with Crippen LogP contribution in [0.4, 0.5) is 5.69 Å². The Labute approximate surface area is 115 Å². The van der Waals surface area contributed by atoms with Crippen LogP contribution in [0.15, 0.2) is 29.3 Å². The molecule has 0 fully saturated rings. The van der Waals surface area contributed by atoms with Crippen molar-refractivity contribution in [2.45, 2.75) is 12.8 Å². The van der Waals surface area contributed by atoms with E-state index in [2.05, 4.69) is 58.9 Å². The number of anilines is 1. The van der Waals surface area contributed by atoms with Gasteiger partial charge < -0.3 is 15.5 Å². The fourth-order valence-corrected chi connectivity index (χ4v) is 2.10. The van der Waals surface area contributed by atoms with Crippen LogP contribution in [0.5, 0.6) is 0 Å². The summed E-state index contributed by atoms with van der Waals surface area (Å²) in [6.45, 7) is 4.10. The van der Waals surface area contributed by atoms with Gasteiger partial charge in [-0.1, -0.05) is 0 Å². The number of nitrogens with one attached hydrogen (secondary N) is 2. The van der Waals surface area contributed by atoms with Crippen molar-refractivity contribution < 1.29 is 0 Å². The smallest absolute Gasteiger partial charge is 0.128 e. The van der Waals surface area contributed by atoms with E-state index in [0.717, 1.165) is 44.9 Å². The van der Waals surface area contributed by atoms with Gasteiger partial charge in [0, 0.05) is 30.9 Å². The van der Waals surface area contributed by atoms with Crippen LogP contribution in [0.25, 0.3) is 0 Å². The molecule has 0 saturated heterocycles. The van der Waals surface area contributed by atoms with Gasteiger partial charge in [0.25, 0.3) is 0 Å². The first-order chi connectivity index (χ1) is 9.25. The zero-order valence-electron chi connectivity index (χ0n) is 11.9. The van der Waals surface area contributed by atoms with Crippen LogP contribution in [-0.4, -0.2) is 51.0 Å². The highest BCUT2D eigenvalue weighted by Gasteiger charge is 2.06. The van der Waals surface area contributed by atoms with E-state index >= 15 is 0 Å². The number of aliphatic imine (C=N–C) groups is 1. The monoisotopic (exact) mass is 260 g/mol. The van der Waals surface area contributed by atoms with Crippen molar-refractivity contribution in [2.75, 3.05) is 45.6 Å². The zero-order valence-corrected chi connectivity index (χ0v) is 11.9. The average molecular weight is 260 g/mol. The quantitative estimate of drug-likeness (QED) is 0.766. The van der Waals surface area contributed by atoms with Crippen LogP contribution in [0.2, 0.25) is 0 Å². The second-order valence-electron chi connectivity index (χ2n) is 5.17. The number of benzene rings is 1. The fourth-order valence-electron chi connectivity index (χ4n) is 2.10. The molecule has 0 amide bonds. The minimum absolute atomic E-state index is 0.937. The lowest BCUT2D eigenvalue weighted by Crippen LogP contribution is -2.30. The number of hydrogen-bond acceptors (Lipinski definition) is 4. The van der Waals surface area contributed by atoms with E-state index in [0.29, 0.717) is 0 Å². The van der Waals surface area contributed by atoms with Crippen LogP contribution >= 0.6 is 0 Å². The van der Waals surface area contributed by atoms with E-state index in [9.17, 15) is 0 Å². The normalized spacial score (nSPS) is 15.0. The topological polar surface area (TPSA) is 39.7 Å². The van der Waals surface area contributed by atoms with Crippen molar-refractivity contribution in [3.8, 4) is 0 Å². The highest BCUT2D eigenvalue weighted by molar-refractivity contribution is 5.99. The minimum Gasteiger partial charge on any atom is -0.385 e. The van der Waals surface area contributed by atoms with Gasteiger partial charge >= 0.3 is 0 Å². The third kappa shape index (κ3) is 4.56. The van der Waals surface area contributed by atoms with E-state index in [4.69, 9.17) is 0 Å². The van der Waals surface area contributed by atoms with Crippen molar-refractivity contribution in [1.29, 1.82) is 0 Å². The molecular weight excluding hydrogens is 236 g/mol. The van der Waals surface area contributed by atoms with Gasteiger partial charge in [-0.15, -0.1) is 0 Å². The van der Waals surface area contributed by atoms with Gasteiger partial charge in [0.2, 0.25) is 0 Å². The van der Waals surface area contributed by atoms with Crippen molar-refractivity contribution in [1.82, 2.24) is 10.2 Å². The maximum Gasteiger partial charge on any atom is 0.128 e. The van der Waals surface area contributed by atoms with Crippen LogP contribution in [-0.2, 0) is 0 Å². The Morgan fingerprint density at radius 3 is 2.68 bits per heavy atom. The molecule has 1 aromatic carbocycles. The molecule has 1 aliphatic heterocycles. The minimum atomic E-state index is 0.937. The van der Waals surface area contributed by atoms with Crippen molar-refractivity contribution in [3.05, 3.63) is 29.8 Å². The molecule has 1 aromatic rings. The van der Waals surface area contributed by atoms with Gasteiger partial charge in [-0.2, -0.15) is 0 Å². The van der Waals surface area contributed by atoms with Crippen molar-refractivity contribution in [2.24, 2.45) is 4.99 Å². The number of amidine groups is 1. The summed E-state index contributed by atoms with van der Waals surface area (Å²) in [7, 11) is 4.21. The average Bonchev–Trinajstić information content (AvgIpc) is 2.45. The molecule has 0 aliphatic carbocycles. The maximum absolute atomic E-state index is 4.50. The fraction of sp³-hybridized carbons (Fsp3) is 0.533. The van der Waals surface area contributed by atoms with Gasteiger partial charge in [-0.05, 0) is 57.7 Å². The first-order valence-corrected chi connectivity index (χ1v) is 7.03. The Morgan fingerprint density at radius 1 is 1.26 bits per heavy atom. The summed E-state index contributed by atoms with van der Waals surface area (Å²) in [5.74, 6) is 1.03. The van der Waals surface area contributed by atoms with Crippen LogP contribution in [0.1, 0.15) is 18.4 Å². The Morgan fingerprint density at radius 2 is 2.05 bits per heavy atom. The summed E-state index contributed by atoms with van der Waals surface area (Å²) < 4.78 is 0. The molecule has 2 N–H and O–H groups in total. The molecule has 2 rings (SSSR count). The molecule has 19 heavy (non-hydrogen) atoms. The summed E-state index contributed by atoms with van der Waals surface area (Å²) in [6.07, 6.45) is 2.29. The van der Waals surface area contributed by atoms with Gasteiger partial charge in [-0.3, -0.25) is 4.99 Å². The third-order valence-electron chi connectivity index (χ3n) is 3.17. The lowest BCUT2D eigenvalue weighted by Gasteiger charge is -2.15. The van der Waals surface area contributed by atoms with E-state index in [1.807, 2.05) is 0 Å². The van der Waals surface area contributed by atoms with Crippen molar-refractivity contribution in [3.63, 3.8) is 0 Å². The van der Waals surface area contributed by atoms with E-state index in [-0.39, 0.29) is 0 Å². The first kappa shape index (κ1) is 13.9. The molecule has 0 atom stereocenters. The van der Waals surface area contributed by atoms with Gasteiger partial charge in [0.1, 0.15) is 5.84 Å². The largest absolute Gasteiger partial charge is 0.385 e. The number of nitrogens with zero attached hydrogens (tertiary/aromatic N) is 2. The third-order valence-corrected chi connectivity index (χ3v) is 3.17. The summed E-state index contributed by atoms with van der Waals surface area (Å²) in [5, 5.41) is 6.79. The Hall–Kier alpha value is -1.55. The summed E-state index contributed by atoms with van der Waals surface area (Å²) in [6, 6.07) is 8.52. The summed E-state index contributed by atoms with van der Waals surface area (Å²) >= 11 is 0. The highest BCUT2D eigenvalue weighted by Crippen LogP contribution is 2.11. The lowest BCUT2D eigenvalue weighted by atomic mass is 10.1. The van der Waals surface area contributed by atoms with Crippen LogP contribution in [0.3, 0.4) is 0 Å². The molecular formula is C15H24N4. The Bertz CT molecular complexity index is 409. The maximum atomic E-state index is 4.50. The SMILES string of the molecule is CN(C)CCCNc1ccc(C2=NCCCN2)cc1. The molecule has 104 valence electrons. The molecule has 0 bridgehead atoms. The number of rotatable bonds is 6. The molecule has 0 saturated carbocycles. The summed E-state index contributed by atoms with van der Waals surface area (Å²) in [5.41, 5.74) is 2.36. The first-order valence-electron chi connectivity index (χ1n) is 7.03. The van der Waals surface area contributed by atoms with E-state index in [1.165, 1.54) is 11.3 Å². The van der Waals surface area contributed by atoms with Crippen LogP contribution < -0.4 is 10.6 Å². The Kier molecular flexibility index (Phi) is 5.21. The van der Waals surface area contributed by atoms with E-state index in [1.54, 1.807) is 0 Å². The predicted octanol–water partition coefficient (Wildman–Crippen LogP) is 1.79. The predicted molar refractivity (Wildman–Crippen MR) is 82.1 cm³/mol. The van der Waals surface area contributed by atoms with Crippen LogP contribution in [0, 0.1) is 0 Å². The number of hydrogen-bond donors (Lipinski definition) is 2. The molecule has 0 spiro atoms. The second-order valence-corrected chi connectivity index (χ2v) is 5.17. The van der Waals surface area contributed by atoms with Gasteiger partial charge in [-0.25, -0.2) is 0 Å². The molecule has 1 heterocycles. The van der Waals surface area contributed by atoms with Crippen molar-refractivity contribution >= 4 is 11.5 Å². The van der Waals surface area contributed by atoms with Gasteiger partial charge in [0.05, 0.1) is 0 Å². The van der Waals surface area contributed by atoms with Gasteiger partial charge in [0.15, 0.2) is 0 Å². The van der Waals surface area contributed by atoms with E-state index < -0.39 is 0 Å². The second kappa shape index (κ2) is 7.14. The molecule has 1 aliphatic rings. The molecule has 0 aromatic heterocycles. The Balaban J connectivity index is 1.82. The highest BCUT2D eigenvalue weighted by atomic mass is 15.1. The lowest BCUT2D eigenvalue weighted by molar-refractivity contribution is 0.405. The molecule has 4 heteroatoms. The molecule has 0 unspecified atom stereocenters. The molecule has 0 radical (unpaired) electrons. The summed E-state index contributed by atoms with van der Waals surface area (Å²) in [4.78, 5) is 6.71. The standard InChI is InChI=1S/C15H24N4/c1-19(2)12-4-11-16-14-7-5-13(6-8-14)15-17-9-3-10-18-15/h5-8,16H,3-4,9-12H2,1-2H3,(H,17,18). The zero-order chi connectivity index (χ0) is 13.5. The molecule has 4 nitrogen and oxygen atoms in total.